The van der Waals surface area contributed by atoms with E-state index in [-0.39, 0.29) is 4.70 Å². The summed E-state index contributed by atoms with van der Waals surface area (Å²) in [5.74, 6) is -0.415. The standard InChI is InChI=1S/C43H27F3N2O3S3/c44-43(45,46)54(49,50)51-37-26-32(47(28-13-4-1-5-14-28)31-23-24-34-33-19-10-11-21-38(33)52-40(34)27-31)25-35-41-36(20-12-22-39(41)53-42(35)37)48(29-15-6-2-7-16-29)30-17-8-3-9-18-30/h1-27H. The van der Waals surface area contributed by atoms with Crippen LogP contribution in [0, 0.1) is 0 Å². The minimum atomic E-state index is -6.03. The molecule has 0 saturated carbocycles. The second kappa shape index (κ2) is 13.2. The maximum absolute atomic E-state index is 14.0. The molecule has 0 spiro atoms. The lowest BCUT2D eigenvalue weighted by Gasteiger charge is -2.27. The molecule has 9 aromatic rings. The number of para-hydroxylation sites is 3. The van der Waals surface area contributed by atoms with E-state index in [0.717, 1.165) is 58.7 Å². The second-order valence-electron chi connectivity index (χ2n) is 12.5. The van der Waals surface area contributed by atoms with Crippen LogP contribution in [0.3, 0.4) is 0 Å². The molecule has 0 fully saturated rings. The second-order valence-corrected chi connectivity index (χ2v) is 16.2. The maximum atomic E-state index is 14.0. The zero-order chi connectivity index (χ0) is 37.0. The molecule has 2 heterocycles. The Morgan fingerprint density at radius 2 is 1.06 bits per heavy atom. The third-order valence-electron chi connectivity index (χ3n) is 9.17. The molecule has 54 heavy (non-hydrogen) atoms. The third-order valence-corrected chi connectivity index (χ3v) is 12.5. The lowest BCUT2D eigenvalue weighted by molar-refractivity contribution is -0.0499. The van der Waals surface area contributed by atoms with Crippen molar-refractivity contribution in [3.8, 4) is 5.75 Å². The first-order chi connectivity index (χ1) is 26.2. The fourth-order valence-corrected chi connectivity index (χ4v) is 9.68. The van der Waals surface area contributed by atoms with Crippen LogP contribution in [0.25, 0.3) is 40.3 Å². The number of rotatable bonds is 8. The highest BCUT2D eigenvalue weighted by molar-refractivity contribution is 7.88. The molecule has 2 aromatic heterocycles. The predicted octanol–water partition coefficient (Wildman–Crippen LogP) is 13.6. The number of anilines is 6. The molecule has 7 aromatic carbocycles. The number of halogens is 3. The predicted molar refractivity (Wildman–Crippen MR) is 217 cm³/mol. The van der Waals surface area contributed by atoms with Crippen LogP contribution in [-0.4, -0.2) is 13.9 Å². The first-order valence-electron chi connectivity index (χ1n) is 16.8. The van der Waals surface area contributed by atoms with Gasteiger partial charge in [0.15, 0.2) is 5.75 Å². The SMILES string of the molecule is O=S(=O)(Oc1cc(N(c2ccccc2)c2ccc3c(c2)sc2ccccc23)cc2c1sc1cccc(N(c3ccccc3)c3ccccc3)c12)C(F)(F)F. The summed E-state index contributed by atoms with van der Waals surface area (Å²) >= 11 is 2.82. The van der Waals surface area contributed by atoms with Crippen LogP contribution < -0.4 is 14.0 Å². The van der Waals surface area contributed by atoms with E-state index in [9.17, 15) is 21.6 Å². The van der Waals surface area contributed by atoms with Gasteiger partial charge in [0.1, 0.15) is 0 Å². The van der Waals surface area contributed by atoms with Gasteiger partial charge < -0.3 is 14.0 Å². The molecule has 0 radical (unpaired) electrons. The van der Waals surface area contributed by atoms with Gasteiger partial charge in [-0.2, -0.15) is 21.6 Å². The molecule has 9 rings (SSSR count). The summed E-state index contributed by atoms with van der Waals surface area (Å²) in [6, 6.07) is 52.2. The Morgan fingerprint density at radius 1 is 0.481 bits per heavy atom. The largest absolute Gasteiger partial charge is 0.534 e. The van der Waals surface area contributed by atoms with Crippen LogP contribution in [0.1, 0.15) is 0 Å². The van der Waals surface area contributed by atoms with Crippen molar-refractivity contribution in [1.29, 1.82) is 0 Å². The zero-order valence-corrected chi connectivity index (χ0v) is 30.5. The Kier molecular flexibility index (Phi) is 8.30. The van der Waals surface area contributed by atoms with Crippen LogP contribution in [-0.2, 0) is 10.1 Å². The first-order valence-corrected chi connectivity index (χ1v) is 19.9. The summed E-state index contributed by atoms with van der Waals surface area (Å²) in [5, 5.41) is 3.48. The quantitative estimate of drug-likeness (QED) is 0.114. The third kappa shape index (κ3) is 5.90. The number of hydrogen-bond acceptors (Lipinski definition) is 7. The summed E-state index contributed by atoms with van der Waals surface area (Å²) in [6.45, 7) is 0. The summed E-state index contributed by atoms with van der Waals surface area (Å²) < 4.78 is 75.6. The first kappa shape index (κ1) is 33.9. The molecule has 0 aliphatic heterocycles. The van der Waals surface area contributed by atoms with E-state index in [0.29, 0.717) is 11.1 Å². The normalized spacial score (nSPS) is 12.1. The number of thiophene rings is 2. The van der Waals surface area contributed by atoms with E-state index >= 15 is 0 Å². The molecule has 0 bridgehead atoms. The van der Waals surface area contributed by atoms with Gasteiger partial charge in [0, 0.05) is 64.5 Å². The fourth-order valence-electron chi connectivity index (χ4n) is 6.87. The Labute approximate surface area is 316 Å². The van der Waals surface area contributed by atoms with Crippen LogP contribution in [0.2, 0.25) is 0 Å². The highest BCUT2D eigenvalue weighted by Gasteiger charge is 2.49. The molecule has 0 N–H and O–H groups in total. The topological polar surface area (TPSA) is 49.9 Å². The van der Waals surface area contributed by atoms with E-state index in [2.05, 4.69) is 17.0 Å². The van der Waals surface area contributed by atoms with Gasteiger partial charge in [0.05, 0.1) is 16.1 Å². The highest BCUT2D eigenvalue weighted by atomic mass is 32.2. The zero-order valence-electron chi connectivity index (χ0n) is 28.1. The van der Waals surface area contributed by atoms with Crippen LogP contribution in [0.5, 0.6) is 5.75 Å². The monoisotopic (exact) mass is 772 g/mol. The smallest absolute Gasteiger partial charge is 0.374 e. The number of benzene rings is 7. The average molecular weight is 773 g/mol. The van der Waals surface area contributed by atoms with Gasteiger partial charge >= 0.3 is 15.6 Å². The summed E-state index contributed by atoms with van der Waals surface area (Å²) in [4.78, 5) is 3.99. The molecular formula is C43H27F3N2O3S3. The van der Waals surface area contributed by atoms with Crippen molar-refractivity contribution in [1.82, 2.24) is 0 Å². The van der Waals surface area contributed by atoms with Crippen LogP contribution >= 0.6 is 22.7 Å². The van der Waals surface area contributed by atoms with Crippen molar-refractivity contribution in [2.45, 2.75) is 5.51 Å². The lowest BCUT2D eigenvalue weighted by atomic mass is 10.1. The van der Waals surface area contributed by atoms with Crippen LogP contribution in [0.15, 0.2) is 164 Å². The minimum Gasteiger partial charge on any atom is -0.374 e. The average Bonchev–Trinajstić information content (AvgIpc) is 3.75. The number of fused-ring (bicyclic) bond motifs is 6. The van der Waals surface area contributed by atoms with Gasteiger partial charge in [-0.3, -0.25) is 0 Å². The van der Waals surface area contributed by atoms with Crippen LogP contribution in [0.4, 0.5) is 47.3 Å². The van der Waals surface area contributed by atoms with E-state index in [1.165, 1.54) is 17.4 Å². The Hall–Kier alpha value is -5.88. The fraction of sp³-hybridized carbons (Fsp3) is 0.0233. The molecule has 0 unspecified atom stereocenters. The van der Waals surface area contributed by atoms with E-state index in [4.69, 9.17) is 4.18 Å². The van der Waals surface area contributed by atoms with Crippen molar-refractivity contribution in [2.75, 3.05) is 9.80 Å². The summed E-state index contributed by atoms with van der Waals surface area (Å²) in [5.41, 5.74) is -1.27. The molecule has 5 nitrogen and oxygen atoms in total. The lowest BCUT2D eigenvalue weighted by Crippen LogP contribution is -2.28. The minimum absolute atomic E-state index is 0.267. The van der Waals surface area contributed by atoms with Crippen molar-refractivity contribution in [3.63, 3.8) is 0 Å². The summed E-state index contributed by atoms with van der Waals surface area (Å²) in [7, 11) is -6.03. The molecule has 0 amide bonds. The van der Waals surface area contributed by atoms with E-state index in [1.807, 2.05) is 150 Å². The van der Waals surface area contributed by atoms with Gasteiger partial charge in [0.25, 0.3) is 0 Å². The number of hydrogen-bond donors (Lipinski definition) is 0. The molecule has 11 heteroatoms. The van der Waals surface area contributed by atoms with Gasteiger partial charge in [-0.15, -0.1) is 22.7 Å². The number of alkyl halides is 3. The van der Waals surface area contributed by atoms with Gasteiger partial charge in [-0.1, -0.05) is 84.9 Å². The van der Waals surface area contributed by atoms with Gasteiger partial charge in [-0.05, 0) is 72.8 Å². The summed E-state index contributed by atoms with van der Waals surface area (Å²) in [6.07, 6.45) is 0. The van der Waals surface area contributed by atoms with Gasteiger partial charge in [-0.25, -0.2) is 0 Å². The molecule has 0 saturated heterocycles. The van der Waals surface area contributed by atoms with Crippen molar-refractivity contribution in [3.05, 3.63) is 164 Å². The molecule has 0 aliphatic rings. The van der Waals surface area contributed by atoms with Crippen molar-refractivity contribution >= 4 is 107 Å². The Morgan fingerprint density at radius 3 is 1.70 bits per heavy atom. The van der Waals surface area contributed by atoms with E-state index < -0.39 is 21.4 Å². The Balaban J connectivity index is 1.34. The maximum Gasteiger partial charge on any atom is 0.534 e. The molecular weight excluding hydrogens is 746 g/mol. The van der Waals surface area contributed by atoms with Crippen molar-refractivity contribution in [2.24, 2.45) is 0 Å². The van der Waals surface area contributed by atoms with Gasteiger partial charge in [0.2, 0.25) is 0 Å². The molecule has 0 aliphatic carbocycles. The Bertz CT molecular complexity index is 2890. The highest BCUT2D eigenvalue weighted by Crippen LogP contribution is 2.51. The van der Waals surface area contributed by atoms with E-state index in [1.54, 1.807) is 11.3 Å². The molecule has 266 valence electrons. The number of nitrogens with zero attached hydrogens (tertiary/aromatic N) is 2. The molecule has 0 atom stereocenters. The van der Waals surface area contributed by atoms with Crippen molar-refractivity contribution < 1.29 is 25.8 Å².